The number of allylic oxidation sites excluding steroid dienone is 1. The summed E-state index contributed by atoms with van der Waals surface area (Å²) in [6.45, 7) is 10.5. The number of ether oxygens (including phenoxy) is 1. The van der Waals surface area contributed by atoms with Crippen LogP contribution in [0.15, 0.2) is 35.2 Å². The second-order valence-electron chi connectivity index (χ2n) is 11.7. The first kappa shape index (κ1) is 21.0. The molecule has 5 heteroatoms. The van der Waals surface area contributed by atoms with Crippen molar-refractivity contribution in [2.75, 3.05) is 0 Å². The van der Waals surface area contributed by atoms with Gasteiger partial charge in [0.2, 0.25) is 0 Å². The second-order valence-corrected chi connectivity index (χ2v) is 11.7. The molecule has 0 saturated heterocycles. The smallest absolute Gasteiger partial charge is 0.330 e. The third-order valence-corrected chi connectivity index (χ3v) is 9.93. The van der Waals surface area contributed by atoms with Crippen molar-refractivity contribution in [3.63, 3.8) is 0 Å². The van der Waals surface area contributed by atoms with Gasteiger partial charge in [-0.1, -0.05) is 26.8 Å². The molecular weight excluding hydrogens is 392 g/mol. The Morgan fingerprint density at radius 1 is 1.10 bits per heavy atom. The molecule has 1 aromatic rings. The van der Waals surface area contributed by atoms with Crippen LogP contribution in [0.2, 0.25) is 0 Å². The van der Waals surface area contributed by atoms with Gasteiger partial charge in [0.05, 0.1) is 18.6 Å². The third-order valence-electron chi connectivity index (χ3n) is 9.93. The van der Waals surface area contributed by atoms with Crippen LogP contribution in [0.4, 0.5) is 0 Å². The molecule has 1 N–H and O–H groups in total. The number of carbonyl (C=O) groups excluding carboxylic acids is 2. The number of fused-ring (bicyclic) bond motifs is 5. The lowest BCUT2D eigenvalue weighted by Gasteiger charge is -2.65. The van der Waals surface area contributed by atoms with Crippen molar-refractivity contribution >= 4 is 11.8 Å². The lowest BCUT2D eigenvalue weighted by atomic mass is 9.39. The van der Waals surface area contributed by atoms with Gasteiger partial charge in [-0.15, -0.1) is 0 Å². The number of aliphatic hydroxyl groups excluding tert-OH is 1. The summed E-state index contributed by atoms with van der Waals surface area (Å²) in [7, 11) is 0. The average molecular weight is 427 g/mol. The molecule has 3 saturated carbocycles. The fourth-order valence-electron chi connectivity index (χ4n) is 8.69. The number of hydrogen-bond acceptors (Lipinski definition) is 5. The van der Waals surface area contributed by atoms with Gasteiger partial charge >= 0.3 is 5.97 Å². The molecule has 3 fully saturated rings. The van der Waals surface area contributed by atoms with E-state index in [1.165, 1.54) is 0 Å². The van der Waals surface area contributed by atoms with Crippen molar-refractivity contribution in [2.45, 2.75) is 77.9 Å². The van der Waals surface area contributed by atoms with Crippen LogP contribution in [0.5, 0.6) is 0 Å². The van der Waals surface area contributed by atoms with Crippen molar-refractivity contribution in [3.05, 3.63) is 36.3 Å². The summed E-state index contributed by atoms with van der Waals surface area (Å²) in [5.74, 6) is -0.0982. The second kappa shape index (κ2) is 6.34. The molecule has 168 valence electrons. The Hall–Kier alpha value is -1.88. The van der Waals surface area contributed by atoms with Gasteiger partial charge in [-0.05, 0) is 67.4 Å². The summed E-state index contributed by atoms with van der Waals surface area (Å²) in [5.41, 5.74) is -0.700. The molecule has 0 aromatic carbocycles. The molecule has 0 spiro atoms. The highest BCUT2D eigenvalue weighted by atomic mass is 16.6. The highest BCUT2D eigenvalue weighted by Crippen LogP contribution is 2.72. The number of hydrogen-bond donors (Lipinski definition) is 1. The zero-order chi connectivity index (χ0) is 22.4. The van der Waals surface area contributed by atoms with Crippen LogP contribution in [0.25, 0.3) is 0 Å². The lowest BCUT2D eigenvalue weighted by molar-refractivity contribution is -0.219. The summed E-state index contributed by atoms with van der Waals surface area (Å²) in [4.78, 5) is 25.9. The van der Waals surface area contributed by atoms with Gasteiger partial charge in [0.1, 0.15) is 11.4 Å². The molecule has 0 amide bonds. The minimum Gasteiger partial charge on any atom is -0.472 e. The highest BCUT2D eigenvalue weighted by Gasteiger charge is 2.71. The number of aliphatic hydroxyl groups is 1. The molecule has 3 aliphatic carbocycles. The van der Waals surface area contributed by atoms with Crippen molar-refractivity contribution in [3.8, 4) is 0 Å². The number of Topliss-reactive ketones (excluding diaryl/α,β-unsaturated/α-hetero) is 1. The Balaban J connectivity index is 1.63. The molecule has 1 aromatic heterocycles. The predicted octanol–water partition coefficient (Wildman–Crippen LogP) is 4.65. The third kappa shape index (κ3) is 2.59. The molecule has 0 unspecified atom stereocenters. The van der Waals surface area contributed by atoms with Crippen LogP contribution in [0, 0.1) is 34.0 Å². The summed E-state index contributed by atoms with van der Waals surface area (Å²) in [6.07, 6.45) is 9.26. The zero-order valence-corrected chi connectivity index (χ0v) is 19.2. The number of ketones is 1. The van der Waals surface area contributed by atoms with E-state index in [9.17, 15) is 14.7 Å². The van der Waals surface area contributed by atoms with Crippen LogP contribution < -0.4 is 0 Å². The van der Waals surface area contributed by atoms with E-state index in [4.69, 9.17) is 9.15 Å². The van der Waals surface area contributed by atoms with Gasteiger partial charge in [-0.3, -0.25) is 4.79 Å². The van der Waals surface area contributed by atoms with Crippen LogP contribution in [0.3, 0.4) is 0 Å². The summed E-state index contributed by atoms with van der Waals surface area (Å²) < 4.78 is 11.1. The maximum absolute atomic E-state index is 13.6. The molecule has 1 aliphatic heterocycles. The Morgan fingerprint density at radius 3 is 2.52 bits per heavy atom. The average Bonchev–Trinajstić information content (AvgIpc) is 3.27. The maximum Gasteiger partial charge on any atom is 0.330 e. The zero-order valence-electron chi connectivity index (χ0n) is 19.2. The first-order chi connectivity index (χ1) is 14.4. The Kier molecular flexibility index (Phi) is 4.29. The molecule has 5 rings (SSSR count). The first-order valence-electron chi connectivity index (χ1n) is 11.6. The van der Waals surface area contributed by atoms with E-state index in [0.29, 0.717) is 12.8 Å². The van der Waals surface area contributed by atoms with Crippen LogP contribution >= 0.6 is 0 Å². The molecule has 8 atom stereocenters. The van der Waals surface area contributed by atoms with Gasteiger partial charge in [0.15, 0.2) is 0 Å². The van der Waals surface area contributed by atoms with Crippen molar-refractivity contribution in [1.82, 2.24) is 0 Å². The molecule has 2 heterocycles. The summed E-state index contributed by atoms with van der Waals surface area (Å²) >= 11 is 0. The largest absolute Gasteiger partial charge is 0.472 e. The summed E-state index contributed by atoms with van der Waals surface area (Å²) in [6, 6.07) is 1.98. The predicted molar refractivity (Wildman–Crippen MR) is 115 cm³/mol. The van der Waals surface area contributed by atoms with Gasteiger partial charge in [-0.25, -0.2) is 4.79 Å². The molecule has 0 radical (unpaired) electrons. The Bertz CT molecular complexity index is 945. The fraction of sp³-hybridized carbons (Fsp3) is 0.692. The van der Waals surface area contributed by atoms with E-state index in [-0.39, 0.29) is 46.3 Å². The molecular formula is C26H34O5. The minimum atomic E-state index is -0.683. The number of rotatable bonds is 1. The minimum absolute atomic E-state index is 0.0127. The van der Waals surface area contributed by atoms with E-state index in [0.717, 1.165) is 18.4 Å². The number of carbonyl (C=O) groups is 2. The van der Waals surface area contributed by atoms with Crippen LogP contribution in [-0.4, -0.2) is 28.6 Å². The quantitative estimate of drug-likeness (QED) is 0.661. The van der Waals surface area contributed by atoms with Crippen LogP contribution in [0.1, 0.15) is 71.8 Å². The normalized spacial score (nSPS) is 48.4. The molecule has 5 nitrogen and oxygen atoms in total. The topological polar surface area (TPSA) is 76.7 Å². The van der Waals surface area contributed by atoms with E-state index in [2.05, 4.69) is 20.8 Å². The maximum atomic E-state index is 13.6. The monoisotopic (exact) mass is 426 g/mol. The Labute approximate surface area is 184 Å². The van der Waals surface area contributed by atoms with Crippen molar-refractivity contribution in [1.29, 1.82) is 0 Å². The van der Waals surface area contributed by atoms with Crippen molar-refractivity contribution < 1.29 is 23.8 Å². The standard InChI is InChI=1S/C26H34O5/c1-23(2)19-13-20(28)26(5)18(25(19,4)10-7-21(29)31-23)6-9-24(3)16(12-17(27)22(24)26)15-8-11-30-14-15/h7-8,10-11,14,16,18-20,22,28H,6,9,12-13H2,1-5H3/t16-,18-,19+,20+,22+,24-,25+,26-/m0/s1. The summed E-state index contributed by atoms with van der Waals surface area (Å²) in [5, 5.41) is 11.7. The van der Waals surface area contributed by atoms with Gasteiger partial charge < -0.3 is 14.3 Å². The highest BCUT2D eigenvalue weighted by molar-refractivity contribution is 5.87. The fourth-order valence-corrected chi connectivity index (χ4v) is 8.69. The van der Waals surface area contributed by atoms with Gasteiger partial charge in [0, 0.05) is 29.7 Å². The number of esters is 1. The molecule has 4 aliphatic rings. The van der Waals surface area contributed by atoms with Gasteiger partial charge in [-0.2, -0.15) is 0 Å². The number of furan rings is 1. The molecule has 31 heavy (non-hydrogen) atoms. The van der Waals surface area contributed by atoms with E-state index < -0.39 is 17.1 Å². The van der Waals surface area contributed by atoms with E-state index >= 15 is 0 Å². The Morgan fingerprint density at radius 2 is 1.84 bits per heavy atom. The van der Waals surface area contributed by atoms with E-state index in [1.807, 2.05) is 26.0 Å². The van der Waals surface area contributed by atoms with Gasteiger partial charge in [0.25, 0.3) is 0 Å². The van der Waals surface area contributed by atoms with Crippen molar-refractivity contribution in [2.24, 2.45) is 34.0 Å². The first-order valence-corrected chi connectivity index (χ1v) is 11.6. The van der Waals surface area contributed by atoms with E-state index in [1.54, 1.807) is 18.6 Å². The van der Waals surface area contributed by atoms with Crippen LogP contribution in [-0.2, 0) is 14.3 Å². The molecule has 0 bridgehead atoms. The number of cyclic esters (lactones) is 1. The lowest BCUT2D eigenvalue weighted by Crippen LogP contribution is -2.66. The SMILES string of the molecule is CC1(C)OC(=O)C=C[C@@]2(C)[C@@H]1C[C@@H](O)[C@@]1(C)[C@@H]3C(=O)C[C@@H](c4ccoc4)[C@]3(C)CC[C@@H]21.